The van der Waals surface area contributed by atoms with E-state index in [9.17, 15) is 17.6 Å². The summed E-state index contributed by atoms with van der Waals surface area (Å²) in [6.45, 7) is 2.72. The average molecular weight is 503 g/mol. The highest BCUT2D eigenvalue weighted by atomic mass is 127. The molecule has 0 saturated carbocycles. The van der Waals surface area contributed by atoms with Gasteiger partial charge in [0.05, 0.1) is 6.54 Å². The first-order valence-electron chi connectivity index (χ1n) is 8.50. The van der Waals surface area contributed by atoms with Crippen LogP contribution in [-0.2, 0) is 0 Å². The molecule has 0 radical (unpaired) electrons. The number of nitrogens with one attached hydrogen (secondary N) is 1. The van der Waals surface area contributed by atoms with Crippen molar-refractivity contribution in [3.63, 3.8) is 0 Å². The van der Waals surface area contributed by atoms with E-state index in [4.69, 9.17) is 0 Å². The van der Waals surface area contributed by atoms with Crippen molar-refractivity contribution in [3.8, 4) is 0 Å². The molecule has 5 nitrogen and oxygen atoms in total. The number of aliphatic imine (C=N–C) groups is 1. The van der Waals surface area contributed by atoms with Crippen molar-refractivity contribution in [2.24, 2.45) is 4.99 Å². The Labute approximate surface area is 174 Å². The summed E-state index contributed by atoms with van der Waals surface area (Å²) in [4.78, 5) is 9.68. The van der Waals surface area contributed by atoms with Crippen LogP contribution >= 0.6 is 24.0 Å². The Kier molecular flexibility index (Phi) is 9.57. The van der Waals surface area contributed by atoms with Gasteiger partial charge >= 0.3 is 6.18 Å². The van der Waals surface area contributed by atoms with Crippen LogP contribution in [0.5, 0.6) is 0 Å². The van der Waals surface area contributed by atoms with Crippen molar-refractivity contribution in [1.29, 1.82) is 0 Å². The molecule has 0 aliphatic carbocycles. The fourth-order valence-corrected chi connectivity index (χ4v) is 2.90. The normalized spacial score (nSPS) is 15.7. The standard InChI is InChI=1S/C17H25F4N5.HI/c1-22-16(23-7-8-24(2)13-17(19,20)21)26-11-9-25(10-12-26)15-5-3-14(18)4-6-15;/h3-6H,7-13H2,1-2H3,(H,22,23);1H. The number of piperazine rings is 1. The molecule has 0 atom stereocenters. The second kappa shape index (κ2) is 10.9. The number of alkyl halides is 3. The van der Waals surface area contributed by atoms with Gasteiger partial charge in [0.25, 0.3) is 0 Å². The monoisotopic (exact) mass is 503 g/mol. The summed E-state index contributed by atoms with van der Waals surface area (Å²) in [6.07, 6.45) is -4.19. The van der Waals surface area contributed by atoms with Gasteiger partial charge in [-0.2, -0.15) is 13.2 Å². The van der Waals surface area contributed by atoms with Gasteiger partial charge in [-0.3, -0.25) is 9.89 Å². The van der Waals surface area contributed by atoms with Crippen molar-refractivity contribution < 1.29 is 17.6 Å². The van der Waals surface area contributed by atoms with Crippen molar-refractivity contribution in [1.82, 2.24) is 15.1 Å². The first kappa shape index (κ1) is 23.7. The Morgan fingerprint density at radius 1 is 1.15 bits per heavy atom. The Morgan fingerprint density at radius 3 is 2.26 bits per heavy atom. The van der Waals surface area contributed by atoms with Crippen molar-refractivity contribution in [3.05, 3.63) is 30.1 Å². The number of halogens is 5. The van der Waals surface area contributed by atoms with E-state index in [0.29, 0.717) is 12.5 Å². The van der Waals surface area contributed by atoms with E-state index >= 15 is 0 Å². The number of nitrogens with zero attached hydrogens (tertiary/aromatic N) is 4. The molecule has 0 spiro atoms. The molecule has 1 aliphatic heterocycles. The summed E-state index contributed by atoms with van der Waals surface area (Å²) in [5.74, 6) is 0.427. The molecule has 1 aromatic rings. The molecule has 154 valence electrons. The maximum atomic E-state index is 13.0. The van der Waals surface area contributed by atoms with Gasteiger partial charge in [-0.25, -0.2) is 4.39 Å². The third-order valence-corrected chi connectivity index (χ3v) is 4.21. The third kappa shape index (κ3) is 8.08. The molecule has 1 heterocycles. The molecule has 1 N–H and O–H groups in total. The molecule has 1 fully saturated rings. The summed E-state index contributed by atoms with van der Waals surface area (Å²) in [5, 5.41) is 3.12. The minimum atomic E-state index is -4.19. The van der Waals surface area contributed by atoms with E-state index in [1.165, 1.54) is 24.1 Å². The van der Waals surface area contributed by atoms with Crippen molar-refractivity contribution in [2.45, 2.75) is 6.18 Å². The lowest BCUT2D eigenvalue weighted by atomic mass is 10.2. The van der Waals surface area contributed by atoms with Crippen LogP contribution in [0, 0.1) is 5.82 Å². The number of guanidine groups is 1. The van der Waals surface area contributed by atoms with Crippen LogP contribution in [0.15, 0.2) is 29.3 Å². The quantitative estimate of drug-likeness (QED) is 0.290. The smallest absolute Gasteiger partial charge is 0.368 e. The minimum absolute atomic E-state index is 0. The van der Waals surface area contributed by atoms with Gasteiger partial charge < -0.3 is 15.1 Å². The van der Waals surface area contributed by atoms with Crippen molar-refractivity contribution >= 4 is 35.6 Å². The van der Waals surface area contributed by atoms with Gasteiger partial charge in [-0.05, 0) is 31.3 Å². The largest absolute Gasteiger partial charge is 0.401 e. The number of likely N-dealkylation sites (N-methyl/N-ethyl adjacent to an activating group) is 1. The van der Waals surface area contributed by atoms with Gasteiger partial charge in [0.1, 0.15) is 5.82 Å². The molecule has 10 heteroatoms. The molecule has 0 aromatic heterocycles. The van der Waals surface area contributed by atoms with E-state index in [2.05, 4.69) is 20.1 Å². The van der Waals surface area contributed by atoms with Crippen LogP contribution in [0.4, 0.5) is 23.2 Å². The number of hydrogen-bond acceptors (Lipinski definition) is 3. The molecule has 27 heavy (non-hydrogen) atoms. The highest BCUT2D eigenvalue weighted by molar-refractivity contribution is 14.0. The molecule has 1 aliphatic rings. The van der Waals surface area contributed by atoms with E-state index in [1.807, 2.05) is 0 Å². The molecule has 1 aromatic carbocycles. The second-order valence-corrected chi connectivity index (χ2v) is 6.28. The fourth-order valence-electron chi connectivity index (χ4n) is 2.90. The zero-order chi connectivity index (χ0) is 19.2. The SMILES string of the molecule is CN=C(NCCN(C)CC(F)(F)F)N1CCN(c2ccc(F)cc2)CC1.I. The fraction of sp³-hybridized carbons (Fsp3) is 0.588. The zero-order valence-electron chi connectivity index (χ0n) is 15.5. The molecule has 0 bridgehead atoms. The average Bonchev–Trinajstić information content (AvgIpc) is 2.58. The summed E-state index contributed by atoms with van der Waals surface area (Å²) in [7, 11) is 3.10. The predicted octanol–water partition coefficient (Wildman–Crippen LogP) is 2.64. The van der Waals surface area contributed by atoms with E-state index < -0.39 is 12.7 Å². The third-order valence-electron chi connectivity index (χ3n) is 4.21. The van der Waals surface area contributed by atoms with E-state index in [1.54, 1.807) is 19.2 Å². The number of hydrogen-bond donors (Lipinski definition) is 1. The Bertz CT molecular complexity index is 586. The Morgan fingerprint density at radius 2 is 1.74 bits per heavy atom. The lowest BCUT2D eigenvalue weighted by Crippen LogP contribution is -2.53. The van der Waals surface area contributed by atoms with E-state index in [0.717, 1.165) is 31.9 Å². The predicted molar refractivity (Wildman–Crippen MR) is 111 cm³/mol. The summed E-state index contributed by atoms with van der Waals surface area (Å²) in [6, 6.07) is 6.41. The van der Waals surface area contributed by atoms with Crippen LogP contribution in [-0.4, -0.2) is 81.8 Å². The van der Waals surface area contributed by atoms with Crippen LogP contribution in [0.3, 0.4) is 0 Å². The molecule has 0 unspecified atom stereocenters. The molecule has 2 rings (SSSR count). The summed E-state index contributed by atoms with van der Waals surface area (Å²) < 4.78 is 50.0. The van der Waals surface area contributed by atoms with Crippen LogP contribution in [0.2, 0.25) is 0 Å². The van der Waals surface area contributed by atoms with Crippen LogP contribution < -0.4 is 10.2 Å². The Balaban J connectivity index is 0.00000364. The molecular formula is C17H26F4IN5. The lowest BCUT2D eigenvalue weighted by molar-refractivity contribution is -0.142. The topological polar surface area (TPSA) is 34.1 Å². The molecule has 0 amide bonds. The van der Waals surface area contributed by atoms with Gasteiger partial charge in [0, 0.05) is 52.0 Å². The van der Waals surface area contributed by atoms with Gasteiger partial charge in [-0.15, -0.1) is 24.0 Å². The van der Waals surface area contributed by atoms with Gasteiger partial charge in [-0.1, -0.05) is 0 Å². The molecule has 1 saturated heterocycles. The van der Waals surface area contributed by atoms with Gasteiger partial charge in [0.2, 0.25) is 0 Å². The highest BCUT2D eigenvalue weighted by Gasteiger charge is 2.29. The maximum Gasteiger partial charge on any atom is 0.401 e. The highest BCUT2D eigenvalue weighted by Crippen LogP contribution is 2.17. The first-order valence-corrected chi connectivity index (χ1v) is 8.50. The lowest BCUT2D eigenvalue weighted by Gasteiger charge is -2.37. The first-order chi connectivity index (χ1) is 12.3. The van der Waals surface area contributed by atoms with Gasteiger partial charge in [0.15, 0.2) is 5.96 Å². The summed E-state index contributed by atoms with van der Waals surface area (Å²) in [5.41, 5.74) is 0.975. The number of benzene rings is 1. The minimum Gasteiger partial charge on any atom is -0.368 e. The zero-order valence-corrected chi connectivity index (χ0v) is 17.8. The Hall–Kier alpha value is -1.30. The number of anilines is 1. The number of rotatable bonds is 5. The summed E-state index contributed by atoms with van der Waals surface area (Å²) >= 11 is 0. The van der Waals surface area contributed by atoms with Crippen LogP contribution in [0.1, 0.15) is 0 Å². The molecular weight excluding hydrogens is 477 g/mol. The maximum absolute atomic E-state index is 13.0. The second-order valence-electron chi connectivity index (χ2n) is 6.28. The van der Waals surface area contributed by atoms with E-state index in [-0.39, 0.29) is 36.3 Å². The van der Waals surface area contributed by atoms with Crippen LogP contribution in [0.25, 0.3) is 0 Å². The van der Waals surface area contributed by atoms with Crippen molar-refractivity contribution in [2.75, 3.05) is 64.8 Å².